The van der Waals surface area contributed by atoms with Crippen molar-refractivity contribution in [1.82, 2.24) is 4.31 Å². The lowest BCUT2D eigenvalue weighted by atomic mass is 10.1. The molecule has 1 fully saturated rings. The molecule has 2 aromatic carbocycles. The SMILES string of the molecule is Cc1cc(C(=O)Nc2cc(S(=O)(=O)N3CCCC3)ccc2O)sc1-c1ccc(F)cc1. The molecule has 1 aromatic heterocycles. The average Bonchev–Trinajstić information content (AvgIpc) is 3.41. The first-order valence-corrected chi connectivity index (χ1v) is 12.0. The summed E-state index contributed by atoms with van der Waals surface area (Å²) in [7, 11) is -3.68. The number of aromatic hydroxyl groups is 1. The summed E-state index contributed by atoms with van der Waals surface area (Å²) in [6.45, 7) is 2.78. The molecule has 31 heavy (non-hydrogen) atoms. The van der Waals surface area contributed by atoms with E-state index in [-0.39, 0.29) is 22.1 Å². The Morgan fingerprint density at radius 2 is 1.77 bits per heavy atom. The number of halogens is 1. The highest BCUT2D eigenvalue weighted by Crippen LogP contribution is 2.34. The number of nitrogens with zero attached hydrogens (tertiary/aromatic N) is 1. The molecule has 1 aliphatic heterocycles. The van der Waals surface area contributed by atoms with Gasteiger partial charge in [0.2, 0.25) is 10.0 Å². The fourth-order valence-electron chi connectivity index (χ4n) is 3.52. The molecular weight excluding hydrogens is 439 g/mol. The number of phenolic OH excluding ortho intramolecular Hbond substituents is 1. The monoisotopic (exact) mass is 460 g/mol. The van der Waals surface area contributed by atoms with Crippen LogP contribution in [-0.4, -0.2) is 36.8 Å². The molecule has 0 radical (unpaired) electrons. The minimum absolute atomic E-state index is 0.0249. The smallest absolute Gasteiger partial charge is 0.265 e. The van der Waals surface area contributed by atoms with Crippen molar-refractivity contribution in [3.8, 4) is 16.2 Å². The first-order valence-electron chi connectivity index (χ1n) is 9.76. The van der Waals surface area contributed by atoms with Crippen LogP contribution in [0.5, 0.6) is 5.75 Å². The van der Waals surface area contributed by atoms with Crippen molar-refractivity contribution in [2.45, 2.75) is 24.7 Å². The second-order valence-corrected chi connectivity index (χ2v) is 10.4. The van der Waals surface area contributed by atoms with Crippen molar-refractivity contribution in [2.75, 3.05) is 18.4 Å². The zero-order valence-corrected chi connectivity index (χ0v) is 18.4. The molecule has 3 aromatic rings. The predicted molar refractivity (Wildman–Crippen MR) is 119 cm³/mol. The first-order chi connectivity index (χ1) is 14.8. The normalized spacial score (nSPS) is 14.6. The van der Waals surface area contributed by atoms with Crippen LogP contribution in [0.3, 0.4) is 0 Å². The van der Waals surface area contributed by atoms with E-state index < -0.39 is 15.9 Å². The zero-order valence-electron chi connectivity index (χ0n) is 16.8. The number of carbonyl (C=O) groups is 1. The maximum atomic E-state index is 13.2. The number of nitrogens with one attached hydrogen (secondary N) is 1. The molecule has 6 nitrogen and oxygen atoms in total. The summed E-state index contributed by atoms with van der Waals surface area (Å²) >= 11 is 1.24. The predicted octanol–water partition coefficient (Wildman–Crippen LogP) is 4.61. The number of amides is 1. The van der Waals surface area contributed by atoms with Gasteiger partial charge >= 0.3 is 0 Å². The van der Waals surface area contributed by atoms with E-state index in [1.54, 1.807) is 18.2 Å². The van der Waals surface area contributed by atoms with E-state index in [0.29, 0.717) is 18.0 Å². The highest BCUT2D eigenvalue weighted by atomic mass is 32.2. The van der Waals surface area contributed by atoms with E-state index in [1.807, 2.05) is 6.92 Å². The van der Waals surface area contributed by atoms with Crippen molar-refractivity contribution in [1.29, 1.82) is 0 Å². The Kier molecular flexibility index (Phi) is 5.83. The summed E-state index contributed by atoms with van der Waals surface area (Å²) in [5.41, 5.74) is 1.68. The molecule has 0 aliphatic carbocycles. The number of thiophene rings is 1. The number of rotatable bonds is 5. The fraction of sp³-hybridized carbons (Fsp3) is 0.227. The van der Waals surface area contributed by atoms with Crippen LogP contribution in [0.2, 0.25) is 0 Å². The topological polar surface area (TPSA) is 86.7 Å². The van der Waals surface area contributed by atoms with Gasteiger partial charge in [0.15, 0.2) is 0 Å². The molecule has 1 aliphatic rings. The van der Waals surface area contributed by atoms with Gasteiger partial charge in [-0.2, -0.15) is 4.31 Å². The number of carbonyl (C=O) groups excluding carboxylic acids is 1. The van der Waals surface area contributed by atoms with Crippen LogP contribution in [0.4, 0.5) is 10.1 Å². The average molecular weight is 461 g/mol. The standard InChI is InChI=1S/C22H21FN2O4S2/c1-14-12-20(30-21(14)15-4-6-16(23)7-5-15)22(27)24-18-13-17(8-9-19(18)26)31(28,29)25-10-2-3-11-25/h4-9,12-13,26H,2-3,10-11H2,1H3,(H,24,27). The Balaban J connectivity index is 1.59. The molecule has 1 saturated heterocycles. The Hall–Kier alpha value is -2.75. The first kappa shape index (κ1) is 21.5. The third-order valence-corrected chi connectivity index (χ3v) is 8.35. The minimum Gasteiger partial charge on any atom is -0.506 e. The maximum absolute atomic E-state index is 13.2. The van der Waals surface area contributed by atoms with E-state index in [0.717, 1.165) is 28.8 Å². The number of benzene rings is 2. The van der Waals surface area contributed by atoms with Gasteiger partial charge in [-0.1, -0.05) is 12.1 Å². The molecule has 0 unspecified atom stereocenters. The maximum Gasteiger partial charge on any atom is 0.265 e. The summed E-state index contributed by atoms with van der Waals surface area (Å²) in [5, 5.41) is 12.8. The molecule has 9 heteroatoms. The fourth-order valence-corrected chi connectivity index (χ4v) is 6.14. The Bertz CT molecular complexity index is 1230. The summed E-state index contributed by atoms with van der Waals surface area (Å²) in [4.78, 5) is 14.1. The van der Waals surface area contributed by atoms with Gasteiger partial charge < -0.3 is 10.4 Å². The van der Waals surface area contributed by atoms with Crippen LogP contribution < -0.4 is 5.32 Å². The molecule has 0 atom stereocenters. The van der Waals surface area contributed by atoms with Crippen LogP contribution in [0.25, 0.3) is 10.4 Å². The van der Waals surface area contributed by atoms with Crippen LogP contribution in [0, 0.1) is 12.7 Å². The van der Waals surface area contributed by atoms with Crippen molar-refractivity contribution in [3.63, 3.8) is 0 Å². The molecule has 1 amide bonds. The minimum atomic E-state index is -3.68. The molecule has 2 heterocycles. The molecule has 4 rings (SSSR count). The van der Waals surface area contributed by atoms with Gasteiger partial charge in [-0.3, -0.25) is 4.79 Å². The number of phenols is 1. The van der Waals surface area contributed by atoms with Crippen molar-refractivity contribution >= 4 is 33.0 Å². The Morgan fingerprint density at radius 1 is 1.10 bits per heavy atom. The Morgan fingerprint density at radius 3 is 2.45 bits per heavy atom. The van der Waals surface area contributed by atoms with Crippen molar-refractivity contribution in [2.24, 2.45) is 0 Å². The highest BCUT2D eigenvalue weighted by molar-refractivity contribution is 7.89. The zero-order chi connectivity index (χ0) is 22.2. The number of sulfonamides is 1. The summed E-state index contributed by atoms with van der Waals surface area (Å²) in [6, 6.07) is 11.6. The van der Waals surface area contributed by atoms with Gasteiger partial charge in [-0.05, 0) is 67.3 Å². The van der Waals surface area contributed by atoms with Crippen LogP contribution in [0.15, 0.2) is 53.4 Å². The van der Waals surface area contributed by atoms with Gasteiger partial charge in [0.05, 0.1) is 15.5 Å². The van der Waals surface area contributed by atoms with Gasteiger partial charge in [-0.25, -0.2) is 12.8 Å². The van der Waals surface area contributed by atoms with Crippen molar-refractivity contribution in [3.05, 3.63) is 64.8 Å². The van der Waals surface area contributed by atoms with Crippen LogP contribution in [-0.2, 0) is 10.0 Å². The van der Waals surface area contributed by atoms with Crippen molar-refractivity contribution < 1.29 is 22.7 Å². The molecule has 162 valence electrons. The lowest BCUT2D eigenvalue weighted by molar-refractivity contribution is 0.103. The van der Waals surface area contributed by atoms with Gasteiger partial charge in [-0.15, -0.1) is 11.3 Å². The summed E-state index contributed by atoms with van der Waals surface area (Å²) in [6.07, 6.45) is 1.63. The molecule has 0 bridgehead atoms. The third-order valence-electron chi connectivity index (χ3n) is 5.17. The second kappa shape index (κ2) is 8.41. The quantitative estimate of drug-likeness (QED) is 0.545. The third kappa shape index (κ3) is 4.34. The van der Waals surface area contributed by atoms with E-state index in [2.05, 4.69) is 5.32 Å². The molecule has 0 saturated carbocycles. The van der Waals surface area contributed by atoms with E-state index in [9.17, 15) is 22.7 Å². The van der Waals surface area contributed by atoms with Crippen LogP contribution in [0.1, 0.15) is 28.1 Å². The molecular formula is C22H21FN2O4S2. The lowest BCUT2D eigenvalue weighted by Crippen LogP contribution is -2.27. The largest absolute Gasteiger partial charge is 0.506 e. The number of aryl methyl sites for hydroxylation is 1. The van der Waals surface area contributed by atoms with Gasteiger partial charge in [0.25, 0.3) is 5.91 Å². The number of hydrogen-bond acceptors (Lipinski definition) is 5. The Labute approximate surface area is 184 Å². The van der Waals surface area contributed by atoms with Gasteiger partial charge in [0.1, 0.15) is 11.6 Å². The summed E-state index contributed by atoms with van der Waals surface area (Å²) in [5.74, 6) is -1.02. The second-order valence-electron chi connectivity index (χ2n) is 7.37. The lowest BCUT2D eigenvalue weighted by Gasteiger charge is -2.16. The number of anilines is 1. The molecule has 0 spiro atoms. The van der Waals surface area contributed by atoms with Gasteiger partial charge in [0, 0.05) is 18.0 Å². The highest BCUT2D eigenvalue weighted by Gasteiger charge is 2.28. The summed E-state index contributed by atoms with van der Waals surface area (Å²) < 4.78 is 40.2. The van der Waals surface area contributed by atoms with E-state index in [4.69, 9.17) is 0 Å². The van der Waals surface area contributed by atoms with E-state index >= 15 is 0 Å². The van der Waals surface area contributed by atoms with E-state index in [1.165, 1.54) is 46.0 Å². The van der Waals surface area contributed by atoms with Crippen LogP contribution >= 0.6 is 11.3 Å². The number of hydrogen-bond donors (Lipinski definition) is 2. The molecule has 2 N–H and O–H groups in total.